The van der Waals surface area contributed by atoms with E-state index in [4.69, 9.17) is 10.5 Å². The van der Waals surface area contributed by atoms with Gasteiger partial charge in [0.05, 0.1) is 25.2 Å². The molecule has 5 nitrogen and oxygen atoms in total. The number of rotatable bonds is 5. The fourth-order valence-electron chi connectivity index (χ4n) is 2.98. The van der Waals surface area contributed by atoms with Gasteiger partial charge in [-0.1, -0.05) is 19.3 Å². The highest BCUT2D eigenvalue weighted by atomic mass is 16.5. The SMILES string of the molecule is CCOC(=O)c1cncn1C(CN)C1CCCCC1. The number of hydrogen-bond acceptors (Lipinski definition) is 4. The van der Waals surface area contributed by atoms with Crippen LogP contribution in [0.4, 0.5) is 0 Å². The van der Waals surface area contributed by atoms with Gasteiger partial charge in [0.25, 0.3) is 0 Å². The maximum Gasteiger partial charge on any atom is 0.356 e. The van der Waals surface area contributed by atoms with Gasteiger partial charge in [-0.3, -0.25) is 0 Å². The van der Waals surface area contributed by atoms with E-state index in [-0.39, 0.29) is 12.0 Å². The van der Waals surface area contributed by atoms with Crippen LogP contribution >= 0.6 is 0 Å². The van der Waals surface area contributed by atoms with Gasteiger partial charge in [0, 0.05) is 6.54 Å². The summed E-state index contributed by atoms with van der Waals surface area (Å²) < 4.78 is 6.98. The second-order valence-corrected chi connectivity index (χ2v) is 5.11. The van der Waals surface area contributed by atoms with E-state index >= 15 is 0 Å². The summed E-state index contributed by atoms with van der Waals surface area (Å²) in [4.78, 5) is 16.0. The van der Waals surface area contributed by atoms with Crippen molar-refractivity contribution >= 4 is 5.97 Å². The molecule has 1 saturated carbocycles. The zero-order chi connectivity index (χ0) is 13.7. The Balaban J connectivity index is 2.18. The van der Waals surface area contributed by atoms with Crippen LogP contribution in [0, 0.1) is 5.92 Å². The van der Waals surface area contributed by atoms with Gasteiger partial charge in [0.2, 0.25) is 0 Å². The first-order valence-corrected chi connectivity index (χ1v) is 7.17. The van der Waals surface area contributed by atoms with Gasteiger partial charge >= 0.3 is 5.97 Å². The van der Waals surface area contributed by atoms with Crippen molar-refractivity contribution in [3.63, 3.8) is 0 Å². The summed E-state index contributed by atoms with van der Waals surface area (Å²) in [5, 5.41) is 0. The smallest absolute Gasteiger partial charge is 0.356 e. The minimum absolute atomic E-state index is 0.155. The standard InChI is InChI=1S/C14H23N3O2/c1-2-19-14(18)13-9-16-10-17(13)12(8-15)11-6-4-3-5-7-11/h9-12H,2-8,15H2,1H3. The molecule has 1 heterocycles. The summed E-state index contributed by atoms with van der Waals surface area (Å²) in [6, 6.07) is 0.155. The Morgan fingerprint density at radius 3 is 2.89 bits per heavy atom. The lowest BCUT2D eigenvalue weighted by Gasteiger charge is -2.31. The quantitative estimate of drug-likeness (QED) is 0.828. The monoisotopic (exact) mass is 265 g/mol. The first-order valence-electron chi connectivity index (χ1n) is 7.17. The van der Waals surface area contributed by atoms with E-state index in [0.29, 0.717) is 24.8 Å². The molecule has 5 heteroatoms. The summed E-state index contributed by atoms with van der Waals surface area (Å²) in [5.41, 5.74) is 6.45. The lowest BCUT2D eigenvalue weighted by Crippen LogP contribution is -2.30. The summed E-state index contributed by atoms with van der Waals surface area (Å²) in [6.07, 6.45) is 9.46. The van der Waals surface area contributed by atoms with Gasteiger partial charge in [-0.25, -0.2) is 9.78 Å². The summed E-state index contributed by atoms with van der Waals surface area (Å²) >= 11 is 0. The molecule has 0 spiro atoms. The largest absolute Gasteiger partial charge is 0.461 e. The van der Waals surface area contributed by atoms with Crippen molar-refractivity contribution in [3.05, 3.63) is 18.2 Å². The molecule has 106 valence electrons. The van der Waals surface area contributed by atoms with Gasteiger partial charge in [-0.2, -0.15) is 0 Å². The number of carbonyl (C=O) groups is 1. The first kappa shape index (κ1) is 14.1. The van der Waals surface area contributed by atoms with Crippen LogP contribution in [0.1, 0.15) is 55.6 Å². The van der Waals surface area contributed by atoms with Crippen LogP contribution in [-0.2, 0) is 4.74 Å². The van der Waals surface area contributed by atoms with Crippen molar-refractivity contribution in [3.8, 4) is 0 Å². The molecule has 19 heavy (non-hydrogen) atoms. The highest BCUT2D eigenvalue weighted by Gasteiger charge is 2.27. The number of hydrogen-bond donors (Lipinski definition) is 1. The van der Waals surface area contributed by atoms with Gasteiger partial charge in [0.15, 0.2) is 0 Å². The Morgan fingerprint density at radius 1 is 1.53 bits per heavy atom. The lowest BCUT2D eigenvalue weighted by molar-refractivity contribution is 0.0508. The molecule has 0 bridgehead atoms. The molecule has 1 fully saturated rings. The molecule has 2 N–H and O–H groups in total. The van der Waals surface area contributed by atoms with Gasteiger partial charge in [0.1, 0.15) is 5.69 Å². The fraction of sp³-hybridized carbons (Fsp3) is 0.714. The average Bonchev–Trinajstić information content (AvgIpc) is 2.90. The molecule has 1 aliphatic rings. The van der Waals surface area contributed by atoms with Crippen LogP contribution in [0.5, 0.6) is 0 Å². The van der Waals surface area contributed by atoms with Crippen molar-refractivity contribution in [1.82, 2.24) is 9.55 Å². The molecular weight excluding hydrogens is 242 g/mol. The molecule has 0 radical (unpaired) electrons. The van der Waals surface area contributed by atoms with Gasteiger partial charge in [-0.15, -0.1) is 0 Å². The van der Waals surface area contributed by atoms with E-state index in [2.05, 4.69) is 4.98 Å². The molecule has 1 aliphatic carbocycles. The number of ether oxygens (including phenoxy) is 1. The number of carbonyl (C=O) groups excluding carboxylic acids is 1. The Labute approximate surface area is 114 Å². The third kappa shape index (κ3) is 3.15. The van der Waals surface area contributed by atoms with E-state index in [1.807, 2.05) is 4.57 Å². The Morgan fingerprint density at radius 2 is 2.26 bits per heavy atom. The zero-order valence-electron chi connectivity index (χ0n) is 11.5. The van der Waals surface area contributed by atoms with Crippen molar-refractivity contribution in [1.29, 1.82) is 0 Å². The molecule has 1 aromatic heterocycles. The maximum absolute atomic E-state index is 11.9. The minimum atomic E-state index is -0.311. The highest BCUT2D eigenvalue weighted by Crippen LogP contribution is 2.33. The summed E-state index contributed by atoms with van der Waals surface area (Å²) in [5.74, 6) is 0.232. The second-order valence-electron chi connectivity index (χ2n) is 5.11. The molecule has 0 saturated heterocycles. The molecule has 0 amide bonds. The highest BCUT2D eigenvalue weighted by molar-refractivity contribution is 5.87. The number of nitrogens with zero attached hydrogens (tertiary/aromatic N) is 2. The molecule has 2 rings (SSSR count). The van der Waals surface area contributed by atoms with Crippen LogP contribution in [-0.4, -0.2) is 28.7 Å². The van der Waals surface area contributed by atoms with Crippen molar-refractivity contribution in [2.24, 2.45) is 11.7 Å². The van der Waals surface area contributed by atoms with E-state index in [1.165, 1.54) is 32.1 Å². The topological polar surface area (TPSA) is 70.1 Å². The first-order chi connectivity index (χ1) is 9.27. The Kier molecular flexibility index (Phi) is 4.96. The lowest BCUT2D eigenvalue weighted by atomic mass is 9.83. The van der Waals surface area contributed by atoms with Crippen LogP contribution < -0.4 is 5.73 Å². The molecule has 1 atom stereocenters. The molecule has 1 unspecified atom stereocenters. The number of aromatic nitrogens is 2. The van der Waals surface area contributed by atoms with Crippen LogP contribution in [0.15, 0.2) is 12.5 Å². The Hall–Kier alpha value is -1.36. The van der Waals surface area contributed by atoms with Crippen molar-refractivity contribution < 1.29 is 9.53 Å². The van der Waals surface area contributed by atoms with E-state index < -0.39 is 0 Å². The molecule has 0 aliphatic heterocycles. The third-order valence-corrected chi connectivity index (χ3v) is 3.94. The molecule has 1 aromatic rings. The number of esters is 1. The predicted molar refractivity (Wildman–Crippen MR) is 72.8 cm³/mol. The maximum atomic E-state index is 11.9. The third-order valence-electron chi connectivity index (χ3n) is 3.94. The van der Waals surface area contributed by atoms with Crippen molar-refractivity contribution in [2.45, 2.75) is 45.1 Å². The number of imidazole rings is 1. The fourth-order valence-corrected chi connectivity index (χ4v) is 2.98. The predicted octanol–water partition coefficient (Wildman–Crippen LogP) is 2.14. The van der Waals surface area contributed by atoms with Gasteiger partial charge in [-0.05, 0) is 25.7 Å². The van der Waals surface area contributed by atoms with E-state index in [1.54, 1.807) is 19.4 Å². The average molecular weight is 265 g/mol. The van der Waals surface area contributed by atoms with Crippen molar-refractivity contribution in [2.75, 3.05) is 13.2 Å². The minimum Gasteiger partial charge on any atom is -0.461 e. The van der Waals surface area contributed by atoms with Gasteiger partial charge < -0.3 is 15.0 Å². The van der Waals surface area contributed by atoms with E-state index in [0.717, 1.165) is 0 Å². The summed E-state index contributed by atoms with van der Waals surface area (Å²) in [7, 11) is 0. The second kappa shape index (κ2) is 6.70. The Bertz CT molecular complexity index is 411. The van der Waals surface area contributed by atoms with E-state index in [9.17, 15) is 4.79 Å². The zero-order valence-corrected chi connectivity index (χ0v) is 11.5. The normalized spacial score (nSPS) is 18.2. The van der Waals surface area contributed by atoms with Crippen LogP contribution in [0.3, 0.4) is 0 Å². The summed E-state index contributed by atoms with van der Waals surface area (Å²) in [6.45, 7) is 2.72. The molecule has 0 aromatic carbocycles. The van der Waals surface area contributed by atoms with Crippen LogP contribution in [0.2, 0.25) is 0 Å². The molecular formula is C14H23N3O2. The number of nitrogens with two attached hydrogens (primary N) is 1. The van der Waals surface area contributed by atoms with Crippen LogP contribution in [0.25, 0.3) is 0 Å².